The van der Waals surface area contributed by atoms with Gasteiger partial charge >= 0.3 is 0 Å². The van der Waals surface area contributed by atoms with Crippen LogP contribution in [0.4, 0.5) is 0 Å². The van der Waals surface area contributed by atoms with Gasteiger partial charge < -0.3 is 0 Å². The summed E-state index contributed by atoms with van der Waals surface area (Å²) in [7, 11) is 0. The van der Waals surface area contributed by atoms with Crippen LogP contribution in [0, 0.1) is 0 Å². The van der Waals surface area contributed by atoms with Crippen molar-refractivity contribution in [3.8, 4) is 10.6 Å². The second-order valence-electron chi connectivity index (χ2n) is 3.70. The molecule has 0 bridgehead atoms. The maximum atomic E-state index is 5.69. The predicted molar refractivity (Wildman–Crippen MR) is 74.1 cm³/mol. The molecule has 92 valence electrons. The van der Waals surface area contributed by atoms with E-state index in [9.17, 15) is 0 Å². The molecule has 0 aliphatic heterocycles. The third-order valence-corrected chi connectivity index (χ3v) is 4.26. The van der Waals surface area contributed by atoms with E-state index in [2.05, 4.69) is 37.5 Å². The van der Waals surface area contributed by atoms with Crippen LogP contribution in [0.3, 0.4) is 0 Å². The molecule has 0 atom stereocenters. The number of thiophene rings is 1. The smallest absolute Gasteiger partial charge is 0.124 e. The standard InChI is InChI=1S/C11H9ClN4S2/c12-3-9-4-16(15-14-9)5-10-7-18-11(13-10)8-1-2-17-6-8/h1-2,4,6-7H,3,5H2. The Hall–Kier alpha value is -1.24. The first-order valence-corrected chi connectivity index (χ1v) is 7.63. The molecule has 0 spiro atoms. The molecule has 3 heterocycles. The zero-order valence-corrected chi connectivity index (χ0v) is 11.7. The molecule has 0 saturated heterocycles. The minimum Gasteiger partial charge on any atom is -0.246 e. The molecule has 3 aromatic rings. The molecule has 7 heteroatoms. The average Bonchev–Trinajstić information content (AvgIpc) is 3.10. The Kier molecular flexibility index (Phi) is 3.40. The highest BCUT2D eigenvalue weighted by molar-refractivity contribution is 7.14. The number of alkyl halides is 1. The van der Waals surface area contributed by atoms with Gasteiger partial charge in [-0.1, -0.05) is 5.21 Å². The van der Waals surface area contributed by atoms with Crippen LogP contribution in [0.25, 0.3) is 10.6 Å². The number of thiazole rings is 1. The molecule has 0 N–H and O–H groups in total. The number of hydrogen-bond acceptors (Lipinski definition) is 5. The maximum absolute atomic E-state index is 5.69. The lowest BCUT2D eigenvalue weighted by Gasteiger charge is -1.94. The molecule has 0 fully saturated rings. The quantitative estimate of drug-likeness (QED) is 0.694. The summed E-state index contributed by atoms with van der Waals surface area (Å²) in [5.41, 5.74) is 2.95. The van der Waals surface area contributed by atoms with Crippen LogP contribution in [0.2, 0.25) is 0 Å². The van der Waals surface area contributed by atoms with Crippen LogP contribution in [0.15, 0.2) is 28.4 Å². The lowest BCUT2D eigenvalue weighted by molar-refractivity contribution is 0.641. The van der Waals surface area contributed by atoms with Crippen molar-refractivity contribution >= 4 is 34.3 Å². The summed E-state index contributed by atoms with van der Waals surface area (Å²) in [6.07, 6.45) is 1.84. The Balaban J connectivity index is 1.77. The topological polar surface area (TPSA) is 43.6 Å². The Morgan fingerprint density at radius 3 is 2.94 bits per heavy atom. The summed E-state index contributed by atoms with van der Waals surface area (Å²) >= 11 is 9.01. The molecule has 3 rings (SSSR count). The van der Waals surface area contributed by atoms with Crippen molar-refractivity contribution in [2.24, 2.45) is 0 Å². The lowest BCUT2D eigenvalue weighted by Crippen LogP contribution is -2.00. The van der Waals surface area contributed by atoms with Crippen LogP contribution in [-0.4, -0.2) is 20.0 Å². The van der Waals surface area contributed by atoms with E-state index in [1.165, 1.54) is 5.56 Å². The van der Waals surface area contributed by atoms with Gasteiger partial charge in [-0.2, -0.15) is 11.3 Å². The molecule has 0 saturated carbocycles. The first-order chi connectivity index (χ1) is 8.85. The van der Waals surface area contributed by atoms with Crippen molar-refractivity contribution in [3.05, 3.63) is 39.8 Å². The fraction of sp³-hybridized carbons (Fsp3) is 0.182. The largest absolute Gasteiger partial charge is 0.246 e. The summed E-state index contributed by atoms with van der Waals surface area (Å²) in [6, 6.07) is 2.08. The Morgan fingerprint density at radius 1 is 1.28 bits per heavy atom. The van der Waals surface area contributed by atoms with Crippen LogP contribution in [-0.2, 0) is 12.4 Å². The second kappa shape index (κ2) is 5.17. The summed E-state index contributed by atoms with van der Waals surface area (Å²) in [5.74, 6) is 0.386. The minimum atomic E-state index is 0.386. The van der Waals surface area contributed by atoms with Crippen LogP contribution >= 0.6 is 34.3 Å². The van der Waals surface area contributed by atoms with Gasteiger partial charge in [0.15, 0.2) is 0 Å². The zero-order valence-electron chi connectivity index (χ0n) is 9.28. The van der Waals surface area contributed by atoms with E-state index in [0.717, 1.165) is 16.4 Å². The summed E-state index contributed by atoms with van der Waals surface area (Å²) in [6.45, 7) is 0.629. The lowest BCUT2D eigenvalue weighted by atomic mass is 10.3. The third kappa shape index (κ3) is 2.45. The van der Waals surface area contributed by atoms with Crippen LogP contribution < -0.4 is 0 Å². The Bertz CT molecular complexity index is 629. The van der Waals surface area contributed by atoms with Gasteiger partial charge in [-0.05, 0) is 11.4 Å². The van der Waals surface area contributed by atoms with Gasteiger partial charge in [0.05, 0.1) is 30.0 Å². The average molecular weight is 297 g/mol. The Labute approximate surface area is 117 Å². The molecule has 0 aliphatic rings. The fourth-order valence-corrected chi connectivity index (χ4v) is 3.19. The van der Waals surface area contributed by atoms with Crippen molar-refractivity contribution in [2.45, 2.75) is 12.4 Å². The number of nitrogens with zero attached hydrogens (tertiary/aromatic N) is 4. The predicted octanol–water partition coefficient (Wildman–Crippen LogP) is 3.25. The summed E-state index contributed by atoms with van der Waals surface area (Å²) < 4.78 is 1.75. The molecule has 0 aliphatic carbocycles. The molecule has 4 nitrogen and oxygen atoms in total. The summed E-state index contributed by atoms with van der Waals surface area (Å²) in [5, 5.41) is 15.2. The van der Waals surface area contributed by atoms with E-state index in [1.54, 1.807) is 27.4 Å². The molecule has 0 radical (unpaired) electrons. The number of halogens is 1. The van der Waals surface area contributed by atoms with Crippen molar-refractivity contribution in [1.82, 2.24) is 20.0 Å². The van der Waals surface area contributed by atoms with Gasteiger partial charge in [-0.3, -0.25) is 0 Å². The minimum absolute atomic E-state index is 0.386. The SMILES string of the molecule is ClCc1cn(Cc2csc(-c3ccsc3)n2)nn1. The van der Waals surface area contributed by atoms with Gasteiger partial charge in [0.1, 0.15) is 5.01 Å². The normalized spacial score (nSPS) is 10.9. The Morgan fingerprint density at radius 2 is 2.22 bits per heavy atom. The number of rotatable bonds is 4. The molecular weight excluding hydrogens is 288 g/mol. The van der Waals surface area contributed by atoms with Crippen molar-refractivity contribution < 1.29 is 0 Å². The van der Waals surface area contributed by atoms with Crippen molar-refractivity contribution in [3.63, 3.8) is 0 Å². The van der Waals surface area contributed by atoms with E-state index in [1.807, 2.05) is 6.20 Å². The van der Waals surface area contributed by atoms with Crippen molar-refractivity contribution in [2.75, 3.05) is 0 Å². The molecule has 0 aromatic carbocycles. The van der Waals surface area contributed by atoms with E-state index >= 15 is 0 Å². The van der Waals surface area contributed by atoms with Gasteiger partial charge in [0, 0.05) is 16.3 Å². The van der Waals surface area contributed by atoms with Gasteiger partial charge in [-0.15, -0.1) is 28.0 Å². The highest BCUT2D eigenvalue weighted by Crippen LogP contribution is 2.25. The van der Waals surface area contributed by atoms with E-state index in [4.69, 9.17) is 11.6 Å². The third-order valence-electron chi connectivity index (χ3n) is 2.37. The first kappa shape index (κ1) is 11.8. The summed E-state index contributed by atoms with van der Waals surface area (Å²) in [4.78, 5) is 4.59. The van der Waals surface area contributed by atoms with E-state index < -0.39 is 0 Å². The highest BCUT2D eigenvalue weighted by atomic mass is 35.5. The van der Waals surface area contributed by atoms with Crippen molar-refractivity contribution in [1.29, 1.82) is 0 Å². The maximum Gasteiger partial charge on any atom is 0.124 e. The molecule has 3 aromatic heterocycles. The molecular formula is C11H9ClN4S2. The molecule has 0 amide bonds. The van der Waals surface area contributed by atoms with Crippen LogP contribution in [0.5, 0.6) is 0 Å². The molecule has 18 heavy (non-hydrogen) atoms. The molecule has 0 unspecified atom stereocenters. The second-order valence-corrected chi connectivity index (χ2v) is 5.60. The van der Waals surface area contributed by atoms with E-state index in [0.29, 0.717) is 12.4 Å². The number of aromatic nitrogens is 4. The zero-order chi connectivity index (χ0) is 12.4. The van der Waals surface area contributed by atoms with Crippen LogP contribution in [0.1, 0.15) is 11.4 Å². The monoisotopic (exact) mass is 296 g/mol. The van der Waals surface area contributed by atoms with Gasteiger partial charge in [0.2, 0.25) is 0 Å². The van der Waals surface area contributed by atoms with E-state index in [-0.39, 0.29) is 0 Å². The highest BCUT2D eigenvalue weighted by Gasteiger charge is 2.06. The fourth-order valence-electron chi connectivity index (χ4n) is 1.54. The number of hydrogen-bond donors (Lipinski definition) is 0. The van der Waals surface area contributed by atoms with Gasteiger partial charge in [-0.25, -0.2) is 9.67 Å². The van der Waals surface area contributed by atoms with Gasteiger partial charge in [0.25, 0.3) is 0 Å². The first-order valence-electron chi connectivity index (χ1n) is 5.27.